The second-order valence-electron chi connectivity index (χ2n) is 3.36. The van der Waals surface area contributed by atoms with Gasteiger partial charge in [0.2, 0.25) is 0 Å². The van der Waals surface area contributed by atoms with E-state index in [1.54, 1.807) is 0 Å². The van der Waals surface area contributed by atoms with Crippen LogP contribution in [0.2, 0.25) is 0 Å². The number of rotatable bonds is 5. The molecule has 0 saturated carbocycles. The highest BCUT2D eigenvalue weighted by molar-refractivity contribution is 6.01. The van der Waals surface area contributed by atoms with Crippen LogP contribution in [0.5, 0.6) is 0 Å². The largest absolute Gasteiger partial charge is 0.393 e. The van der Waals surface area contributed by atoms with Crippen LogP contribution in [-0.2, 0) is 19.1 Å². The maximum Gasteiger partial charge on any atom is 0.326 e. The first-order chi connectivity index (χ1) is 6.90. The Kier molecular flexibility index (Phi) is 5.77. The molecule has 0 aromatic rings. The lowest BCUT2D eigenvalue weighted by atomic mass is 9.95. The van der Waals surface area contributed by atoms with Gasteiger partial charge in [-0.05, 0) is 13.3 Å². The average Bonchev–Trinajstić information content (AvgIpc) is 2.01. The zero-order valence-corrected chi connectivity index (χ0v) is 9.15. The number of ether oxygens (including phenoxy) is 1. The van der Waals surface area contributed by atoms with Gasteiger partial charge in [-0.15, -0.1) is 0 Å². The number of ketones is 1. The molecule has 0 fully saturated rings. The standard InChI is InChI=1S/C10H16O5/c1-4-5-8(13)9(6(2)11)10(14)15-7(3)12/h8-9,13H,4-5H2,1-3H3. The summed E-state index contributed by atoms with van der Waals surface area (Å²) < 4.78 is 4.28. The molecule has 5 nitrogen and oxygen atoms in total. The minimum atomic E-state index is -1.26. The van der Waals surface area contributed by atoms with Crippen molar-refractivity contribution in [2.24, 2.45) is 5.92 Å². The third kappa shape index (κ3) is 4.69. The maximum absolute atomic E-state index is 11.3. The molecule has 0 aromatic carbocycles. The van der Waals surface area contributed by atoms with Crippen LogP contribution in [0.3, 0.4) is 0 Å². The molecular weight excluding hydrogens is 200 g/mol. The second kappa shape index (κ2) is 6.29. The molecule has 0 aliphatic carbocycles. The van der Waals surface area contributed by atoms with Crippen LogP contribution in [-0.4, -0.2) is 28.9 Å². The Labute approximate surface area is 88.4 Å². The molecule has 5 heteroatoms. The summed E-state index contributed by atoms with van der Waals surface area (Å²) in [5.41, 5.74) is 0. The molecule has 0 rings (SSSR count). The fraction of sp³-hybridized carbons (Fsp3) is 0.700. The first-order valence-electron chi connectivity index (χ1n) is 4.80. The van der Waals surface area contributed by atoms with Gasteiger partial charge in [-0.2, -0.15) is 0 Å². The summed E-state index contributed by atoms with van der Waals surface area (Å²) in [4.78, 5) is 32.9. The molecule has 0 amide bonds. The molecule has 0 radical (unpaired) electrons. The number of Topliss-reactive ketones (excluding diaryl/α,β-unsaturated/α-hetero) is 1. The predicted molar refractivity (Wildman–Crippen MR) is 51.9 cm³/mol. The molecule has 15 heavy (non-hydrogen) atoms. The van der Waals surface area contributed by atoms with Crippen molar-refractivity contribution < 1.29 is 24.2 Å². The molecule has 1 N–H and O–H groups in total. The Bertz CT molecular complexity index is 259. The van der Waals surface area contributed by atoms with Crippen molar-refractivity contribution in [2.75, 3.05) is 0 Å². The third-order valence-electron chi connectivity index (χ3n) is 1.91. The zero-order chi connectivity index (χ0) is 12.0. The highest BCUT2D eigenvalue weighted by Gasteiger charge is 2.32. The third-order valence-corrected chi connectivity index (χ3v) is 1.91. The van der Waals surface area contributed by atoms with Crippen LogP contribution < -0.4 is 0 Å². The van der Waals surface area contributed by atoms with Crippen LogP contribution in [0.4, 0.5) is 0 Å². The predicted octanol–water partition coefficient (Wildman–Crippen LogP) is 0.442. The van der Waals surface area contributed by atoms with E-state index < -0.39 is 29.7 Å². The Morgan fingerprint density at radius 3 is 2.13 bits per heavy atom. The number of carbonyl (C=O) groups excluding carboxylic acids is 3. The van der Waals surface area contributed by atoms with E-state index in [1.165, 1.54) is 6.92 Å². The van der Waals surface area contributed by atoms with E-state index in [0.717, 1.165) is 6.92 Å². The molecule has 0 heterocycles. The summed E-state index contributed by atoms with van der Waals surface area (Å²) in [7, 11) is 0. The molecule has 0 aliphatic heterocycles. The average molecular weight is 216 g/mol. The second-order valence-corrected chi connectivity index (χ2v) is 3.36. The summed E-state index contributed by atoms with van der Waals surface area (Å²) >= 11 is 0. The van der Waals surface area contributed by atoms with Gasteiger partial charge in [0.25, 0.3) is 0 Å². The van der Waals surface area contributed by atoms with Crippen molar-refractivity contribution in [2.45, 2.75) is 39.7 Å². The number of hydrogen-bond acceptors (Lipinski definition) is 5. The first kappa shape index (κ1) is 13.8. The topological polar surface area (TPSA) is 80.7 Å². The Hall–Kier alpha value is -1.23. The molecule has 2 atom stereocenters. The SMILES string of the molecule is CCCC(O)C(C(C)=O)C(=O)OC(C)=O. The fourth-order valence-corrected chi connectivity index (χ4v) is 1.26. The van der Waals surface area contributed by atoms with Crippen LogP contribution in [0.25, 0.3) is 0 Å². The number of aliphatic hydroxyl groups is 1. The molecule has 0 bridgehead atoms. The monoisotopic (exact) mass is 216 g/mol. The molecule has 0 saturated heterocycles. The van der Waals surface area contributed by atoms with E-state index in [2.05, 4.69) is 4.74 Å². The van der Waals surface area contributed by atoms with Crippen molar-refractivity contribution in [1.82, 2.24) is 0 Å². The summed E-state index contributed by atoms with van der Waals surface area (Å²) in [6, 6.07) is 0. The van der Waals surface area contributed by atoms with Gasteiger partial charge in [0.15, 0.2) is 0 Å². The maximum atomic E-state index is 11.3. The number of carbonyl (C=O) groups is 3. The first-order valence-corrected chi connectivity index (χ1v) is 4.80. The van der Waals surface area contributed by atoms with Crippen LogP contribution >= 0.6 is 0 Å². The minimum absolute atomic E-state index is 0.317. The molecule has 0 aliphatic rings. The van der Waals surface area contributed by atoms with E-state index in [1.807, 2.05) is 6.92 Å². The van der Waals surface area contributed by atoms with E-state index in [0.29, 0.717) is 12.8 Å². The smallest absolute Gasteiger partial charge is 0.326 e. The number of hydrogen-bond donors (Lipinski definition) is 1. The van der Waals surface area contributed by atoms with Gasteiger partial charge >= 0.3 is 11.9 Å². The molecule has 86 valence electrons. The van der Waals surface area contributed by atoms with Crippen molar-refractivity contribution in [3.63, 3.8) is 0 Å². The van der Waals surface area contributed by atoms with Gasteiger partial charge in [0.1, 0.15) is 11.7 Å². The van der Waals surface area contributed by atoms with Crippen molar-refractivity contribution in [3.8, 4) is 0 Å². The quantitative estimate of drug-likeness (QED) is 0.532. The van der Waals surface area contributed by atoms with Crippen molar-refractivity contribution in [1.29, 1.82) is 0 Å². The lowest BCUT2D eigenvalue weighted by molar-refractivity contribution is -0.165. The molecule has 0 spiro atoms. The van der Waals surface area contributed by atoms with Crippen molar-refractivity contribution >= 4 is 17.7 Å². The van der Waals surface area contributed by atoms with Gasteiger partial charge in [-0.25, -0.2) is 0 Å². The van der Waals surface area contributed by atoms with Gasteiger partial charge in [-0.3, -0.25) is 14.4 Å². The summed E-state index contributed by atoms with van der Waals surface area (Å²) in [6.07, 6.45) is -0.130. The normalized spacial score (nSPS) is 14.1. The van der Waals surface area contributed by atoms with Gasteiger partial charge in [-0.1, -0.05) is 13.3 Å². The summed E-state index contributed by atoms with van der Waals surface area (Å²) in [5, 5.41) is 9.53. The van der Waals surface area contributed by atoms with Gasteiger partial charge in [0, 0.05) is 6.92 Å². The molecule has 2 unspecified atom stereocenters. The molecule has 0 aromatic heterocycles. The highest BCUT2D eigenvalue weighted by atomic mass is 16.6. The fourth-order valence-electron chi connectivity index (χ4n) is 1.26. The molecular formula is C10H16O5. The van der Waals surface area contributed by atoms with Crippen LogP contribution in [0, 0.1) is 5.92 Å². The van der Waals surface area contributed by atoms with Crippen LogP contribution in [0.15, 0.2) is 0 Å². The number of esters is 2. The van der Waals surface area contributed by atoms with E-state index in [4.69, 9.17) is 0 Å². The van der Waals surface area contributed by atoms with Crippen LogP contribution in [0.1, 0.15) is 33.6 Å². The summed E-state index contributed by atoms with van der Waals surface area (Å²) in [5.74, 6) is -3.51. The highest BCUT2D eigenvalue weighted by Crippen LogP contribution is 2.13. The lowest BCUT2D eigenvalue weighted by Gasteiger charge is -2.17. The Morgan fingerprint density at radius 1 is 1.27 bits per heavy atom. The Morgan fingerprint density at radius 2 is 1.80 bits per heavy atom. The van der Waals surface area contributed by atoms with Gasteiger partial charge in [0.05, 0.1) is 6.10 Å². The van der Waals surface area contributed by atoms with E-state index >= 15 is 0 Å². The van der Waals surface area contributed by atoms with E-state index in [9.17, 15) is 19.5 Å². The summed E-state index contributed by atoms with van der Waals surface area (Å²) in [6.45, 7) is 4.07. The number of aliphatic hydroxyl groups excluding tert-OH is 1. The van der Waals surface area contributed by atoms with E-state index in [-0.39, 0.29) is 0 Å². The minimum Gasteiger partial charge on any atom is -0.393 e. The van der Waals surface area contributed by atoms with Gasteiger partial charge < -0.3 is 9.84 Å². The lowest BCUT2D eigenvalue weighted by Crippen LogP contribution is -2.36. The zero-order valence-electron chi connectivity index (χ0n) is 9.15. The Balaban J connectivity index is 4.58. The van der Waals surface area contributed by atoms with Crippen molar-refractivity contribution in [3.05, 3.63) is 0 Å².